The summed E-state index contributed by atoms with van der Waals surface area (Å²) < 4.78 is 40.0. The van der Waals surface area contributed by atoms with Crippen molar-refractivity contribution in [2.24, 2.45) is 0 Å². The van der Waals surface area contributed by atoms with Gasteiger partial charge in [0.25, 0.3) is 0 Å². The average molecular weight is 308 g/mol. The Morgan fingerprint density at radius 3 is 2.67 bits per heavy atom. The SMILES string of the molecule is Cc1ccc(N)cc1S(=O)(=O)NCCc1cccc(F)c1. The number of sulfonamides is 1. The molecule has 2 rings (SSSR count). The van der Waals surface area contributed by atoms with Crippen LogP contribution in [0, 0.1) is 12.7 Å². The molecule has 0 aromatic heterocycles. The van der Waals surface area contributed by atoms with Gasteiger partial charge in [-0.25, -0.2) is 17.5 Å². The first-order chi connectivity index (χ1) is 9.88. The zero-order valence-corrected chi connectivity index (χ0v) is 12.5. The van der Waals surface area contributed by atoms with Crippen LogP contribution in [0.15, 0.2) is 47.4 Å². The van der Waals surface area contributed by atoms with Crippen LogP contribution in [0.4, 0.5) is 10.1 Å². The van der Waals surface area contributed by atoms with Crippen molar-refractivity contribution in [2.75, 3.05) is 12.3 Å². The minimum Gasteiger partial charge on any atom is -0.399 e. The fourth-order valence-electron chi connectivity index (χ4n) is 2.01. The Kier molecular flexibility index (Phi) is 4.59. The molecule has 0 fully saturated rings. The maximum absolute atomic E-state index is 13.0. The van der Waals surface area contributed by atoms with E-state index in [1.54, 1.807) is 31.2 Å². The molecule has 3 N–H and O–H groups in total. The fourth-order valence-corrected chi connectivity index (χ4v) is 3.32. The summed E-state index contributed by atoms with van der Waals surface area (Å²) in [5.41, 5.74) is 7.39. The number of nitrogen functional groups attached to an aromatic ring is 1. The van der Waals surface area contributed by atoms with Gasteiger partial charge in [-0.05, 0) is 48.7 Å². The van der Waals surface area contributed by atoms with E-state index in [1.165, 1.54) is 18.2 Å². The van der Waals surface area contributed by atoms with Crippen molar-refractivity contribution in [3.8, 4) is 0 Å². The summed E-state index contributed by atoms with van der Waals surface area (Å²) in [6, 6.07) is 10.8. The minimum atomic E-state index is -3.62. The summed E-state index contributed by atoms with van der Waals surface area (Å²) in [6.07, 6.45) is 0.415. The van der Waals surface area contributed by atoms with Crippen LogP contribution in [-0.2, 0) is 16.4 Å². The lowest BCUT2D eigenvalue weighted by atomic mass is 10.1. The monoisotopic (exact) mass is 308 g/mol. The third kappa shape index (κ3) is 4.03. The number of anilines is 1. The Hall–Kier alpha value is -1.92. The van der Waals surface area contributed by atoms with Gasteiger partial charge in [0.05, 0.1) is 4.90 Å². The zero-order chi connectivity index (χ0) is 15.5. The van der Waals surface area contributed by atoms with Gasteiger partial charge >= 0.3 is 0 Å². The zero-order valence-electron chi connectivity index (χ0n) is 11.6. The van der Waals surface area contributed by atoms with Crippen molar-refractivity contribution in [1.82, 2.24) is 4.72 Å². The summed E-state index contributed by atoms with van der Waals surface area (Å²) >= 11 is 0. The smallest absolute Gasteiger partial charge is 0.240 e. The van der Waals surface area contributed by atoms with Crippen LogP contribution in [-0.4, -0.2) is 15.0 Å². The Morgan fingerprint density at radius 2 is 1.95 bits per heavy atom. The van der Waals surface area contributed by atoms with E-state index in [-0.39, 0.29) is 17.3 Å². The van der Waals surface area contributed by atoms with Crippen LogP contribution in [0.2, 0.25) is 0 Å². The molecule has 0 heterocycles. The Morgan fingerprint density at radius 1 is 1.19 bits per heavy atom. The second-order valence-electron chi connectivity index (χ2n) is 4.80. The van der Waals surface area contributed by atoms with E-state index in [0.29, 0.717) is 17.7 Å². The van der Waals surface area contributed by atoms with Crippen LogP contribution in [0.1, 0.15) is 11.1 Å². The van der Waals surface area contributed by atoms with Crippen LogP contribution in [0.5, 0.6) is 0 Å². The number of halogens is 1. The first-order valence-electron chi connectivity index (χ1n) is 6.49. The lowest BCUT2D eigenvalue weighted by Crippen LogP contribution is -2.26. The third-order valence-corrected chi connectivity index (χ3v) is 4.70. The molecule has 21 heavy (non-hydrogen) atoms. The first kappa shape index (κ1) is 15.5. The van der Waals surface area contributed by atoms with Crippen molar-refractivity contribution < 1.29 is 12.8 Å². The number of benzene rings is 2. The number of nitrogens with two attached hydrogens (primary N) is 1. The van der Waals surface area contributed by atoms with Crippen LogP contribution in [0.3, 0.4) is 0 Å². The molecule has 0 spiro atoms. The van der Waals surface area contributed by atoms with E-state index < -0.39 is 10.0 Å². The molecule has 0 radical (unpaired) electrons. The molecule has 0 bridgehead atoms. The molecule has 4 nitrogen and oxygen atoms in total. The fraction of sp³-hybridized carbons (Fsp3) is 0.200. The number of hydrogen-bond acceptors (Lipinski definition) is 3. The Balaban J connectivity index is 2.06. The molecule has 112 valence electrons. The standard InChI is InChI=1S/C15H17FN2O2S/c1-11-5-6-14(17)10-15(11)21(19,20)18-8-7-12-3-2-4-13(16)9-12/h2-6,9-10,18H,7-8,17H2,1H3. The third-order valence-electron chi connectivity index (χ3n) is 3.10. The second-order valence-corrected chi connectivity index (χ2v) is 6.54. The maximum Gasteiger partial charge on any atom is 0.240 e. The Bertz CT molecular complexity index is 745. The highest BCUT2D eigenvalue weighted by Gasteiger charge is 2.16. The van der Waals surface area contributed by atoms with E-state index in [9.17, 15) is 12.8 Å². The van der Waals surface area contributed by atoms with Gasteiger partial charge in [-0.15, -0.1) is 0 Å². The summed E-state index contributed by atoms with van der Waals surface area (Å²) in [5, 5.41) is 0. The molecule has 0 amide bonds. The highest BCUT2D eigenvalue weighted by molar-refractivity contribution is 7.89. The molecule has 0 saturated carbocycles. The molecular weight excluding hydrogens is 291 g/mol. The molecule has 0 unspecified atom stereocenters. The van der Waals surface area contributed by atoms with Gasteiger partial charge in [-0.1, -0.05) is 18.2 Å². The quantitative estimate of drug-likeness (QED) is 0.832. The normalized spacial score (nSPS) is 11.5. The number of nitrogens with one attached hydrogen (secondary N) is 1. The molecule has 0 aliphatic carbocycles. The van der Waals surface area contributed by atoms with E-state index in [1.807, 2.05) is 0 Å². The molecule has 6 heteroatoms. The summed E-state index contributed by atoms with van der Waals surface area (Å²) in [6.45, 7) is 1.90. The molecule has 2 aromatic rings. The van der Waals surface area contributed by atoms with E-state index in [4.69, 9.17) is 5.73 Å². The predicted molar refractivity (Wildman–Crippen MR) is 80.9 cm³/mol. The lowest BCUT2D eigenvalue weighted by Gasteiger charge is -2.10. The van der Waals surface area contributed by atoms with E-state index in [0.717, 1.165) is 5.56 Å². The van der Waals surface area contributed by atoms with Gasteiger partial charge in [0, 0.05) is 12.2 Å². The first-order valence-corrected chi connectivity index (χ1v) is 7.97. The summed E-state index contributed by atoms with van der Waals surface area (Å²) in [4.78, 5) is 0.168. The number of hydrogen-bond donors (Lipinski definition) is 2. The molecule has 0 aliphatic rings. The average Bonchev–Trinajstić information content (AvgIpc) is 2.41. The predicted octanol–water partition coefficient (Wildman–Crippen LogP) is 2.24. The van der Waals surface area contributed by atoms with Gasteiger partial charge in [0.2, 0.25) is 10.0 Å². The van der Waals surface area contributed by atoms with Crippen LogP contribution >= 0.6 is 0 Å². The van der Waals surface area contributed by atoms with E-state index >= 15 is 0 Å². The van der Waals surface area contributed by atoms with Gasteiger partial charge in [-0.2, -0.15) is 0 Å². The number of aryl methyl sites for hydroxylation is 1. The minimum absolute atomic E-state index is 0.168. The van der Waals surface area contributed by atoms with Crippen molar-refractivity contribution in [3.63, 3.8) is 0 Å². The molecule has 0 atom stereocenters. The largest absolute Gasteiger partial charge is 0.399 e. The van der Waals surface area contributed by atoms with Crippen molar-refractivity contribution in [3.05, 3.63) is 59.4 Å². The maximum atomic E-state index is 13.0. The van der Waals surface area contributed by atoms with Crippen molar-refractivity contribution >= 4 is 15.7 Å². The van der Waals surface area contributed by atoms with Gasteiger partial charge in [-0.3, -0.25) is 0 Å². The van der Waals surface area contributed by atoms with Gasteiger partial charge in [0.15, 0.2) is 0 Å². The molecule has 0 saturated heterocycles. The van der Waals surface area contributed by atoms with E-state index in [2.05, 4.69) is 4.72 Å². The second kappa shape index (κ2) is 6.24. The Labute approximate surface area is 123 Å². The van der Waals surface area contributed by atoms with Crippen molar-refractivity contribution in [2.45, 2.75) is 18.2 Å². The molecular formula is C15H17FN2O2S. The number of rotatable bonds is 5. The van der Waals surface area contributed by atoms with Gasteiger partial charge in [0.1, 0.15) is 5.82 Å². The molecule has 2 aromatic carbocycles. The highest BCUT2D eigenvalue weighted by atomic mass is 32.2. The lowest BCUT2D eigenvalue weighted by molar-refractivity contribution is 0.581. The van der Waals surface area contributed by atoms with Crippen LogP contribution < -0.4 is 10.5 Å². The summed E-state index contributed by atoms with van der Waals surface area (Å²) in [5.74, 6) is -0.331. The molecule has 0 aliphatic heterocycles. The van der Waals surface area contributed by atoms with Crippen LogP contribution in [0.25, 0.3) is 0 Å². The van der Waals surface area contributed by atoms with Gasteiger partial charge < -0.3 is 5.73 Å². The highest BCUT2D eigenvalue weighted by Crippen LogP contribution is 2.18. The van der Waals surface area contributed by atoms with Crippen molar-refractivity contribution in [1.29, 1.82) is 0 Å². The summed E-state index contributed by atoms with van der Waals surface area (Å²) in [7, 11) is -3.62. The topological polar surface area (TPSA) is 72.2 Å².